The van der Waals surface area contributed by atoms with E-state index >= 15 is 0 Å². The number of hydrogen-bond acceptors (Lipinski definition) is 9. The predicted molar refractivity (Wildman–Crippen MR) is 149 cm³/mol. The van der Waals surface area contributed by atoms with Crippen LogP contribution in [0.15, 0.2) is 35.3 Å². The summed E-state index contributed by atoms with van der Waals surface area (Å²) in [4.78, 5) is 53.8. The summed E-state index contributed by atoms with van der Waals surface area (Å²) in [6.07, 6.45) is -3.66. The van der Waals surface area contributed by atoms with E-state index in [2.05, 4.69) is 25.7 Å². The molecule has 1 saturated heterocycles. The fourth-order valence-corrected chi connectivity index (χ4v) is 5.46. The SMILES string of the molecule is COC(=O)/N=C(\C(=O)OC)C(Br)[C@@H](OC(C)=O)[C@H](O[Si](C)(C)C(C)(C)C)[C@@H]1CN1C(=O)OCc1ccccc1. The number of carbonyl (C=O) groups excluding carboxylic acids is 4. The van der Waals surface area contributed by atoms with Crippen molar-refractivity contribution < 1.29 is 42.6 Å². The Hall–Kier alpha value is -2.77. The van der Waals surface area contributed by atoms with Crippen LogP contribution in [0.3, 0.4) is 0 Å². The molecule has 39 heavy (non-hydrogen) atoms. The number of rotatable bonds is 10. The lowest BCUT2D eigenvalue weighted by Crippen LogP contribution is -2.54. The van der Waals surface area contributed by atoms with Crippen LogP contribution in [0.1, 0.15) is 33.3 Å². The van der Waals surface area contributed by atoms with Crippen LogP contribution in [-0.2, 0) is 39.6 Å². The molecule has 0 saturated carbocycles. The Morgan fingerprint density at radius 2 is 1.72 bits per heavy atom. The van der Waals surface area contributed by atoms with Crippen molar-refractivity contribution in [2.45, 2.75) is 75.5 Å². The highest BCUT2D eigenvalue weighted by Gasteiger charge is 2.55. The highest BCUT2D eigenvalue weighted by atomic mass is 79.9. The molecule has 0 bridgehead atoms. The quantitative estimate of drug-likeness (QED) is 0.0919. The van der Waals surface area contributed by atoms with Gasteiger partial charge < -0.3 is 23.4 Å². The summed E-state index contributed by atoms with van der Waals surface area (Å²) in [7, 11) is -0.293. The summed E-state index contributed by atoms with van der Waals surface area (Å²) in [6, 6.07) is 8.72. The number of ether oxygens (including phenoxy) is 4. The molecule has 216 valence electrons. The minimum absolute atomic E-state index is 0.0867. The summed E-state index contributed by atoms with van der Waals surface area (Å²) in [5.74, 6) is -1.59. The second-order valence-electron chi connectivity index (χ2n) is 10.5. The topological polar surface area (TPSA) is 130 Å². The number of amides is 2. The first-order chi connectivity index (χ1) is 18.1. The molecule has 1 aliphatic rings. The molecule has 0 N–H and O–H groups in total. The number of aliphatic imine (C=N–C) groups is 1. The maximum Gasteiger partial charge on any atom is 0.433 e. The first-order valence-electron chi connectivity index (χ1n) is 12.3. The Labute approximate surface area is 238 Å². The van der Waals surface area contributed by atoms with Gasteiger partial charge in [0.2, 0.25) is 0 Å². The molecule has 13 heteroatoms. The Bertz CT molecular complexity index is 1070. The maximum atomic E-state index is 12.9. The van der Waals surface area contributed by atoms with Crippen LogP contribution in [-0.4, -0.2) is 86.9 Å². The molecule has 1 unspecified atom stereocenters. The number of hydrogen-bond donors (Lipinski definition) is 0. The molecule has 2 amide bonds. The van der Waals surface area contributed by atoms with Crippen LogP contribution in [0.5, 0.6) is 0 Å². The minimum Gasteiger partial charge on any atom is -0.464 e. The van der Waals surface area contributed by atoms with Gasteiger partial charge in [-0.25, -0.2) is 14.4 Å². The van der Waals surface area contributed by atoms with E-state index in [9.17, 15) is 19.2 Å². The first kappa shape index (κ1) is 32.4. The molecule has 1 fully saturated rings. The molecule has 1 heterocycles. The highest BCUT2D eigenvalue weighted by Crippen LogP contribution is 2.41. The van der Waals surface area contributed by atoms with E-state index in [1.165, 1.54) is 11.8 Å². The van der Waals surface area contributed by atoms with Crippen LogP contribution in [0.25, 0.3) is 0 Å². The summed E-state index contributed by atoms with van der Waals surface area (Å²) in [6.45, 7) is 11.7. The van der Waals surface area contributed by atoms with Gasteiger partial charge in [-0.3, -0.25) is 9.69 Å². The van der Waals surface area contributed by atoms with Crippen LogP contribution in [0, 0.1) is 0 Å². The monoisotopic (exact) mass is 628 g/mol. The molecule has 0 aliphatic carbocycles. The largest absolute Gasteiger partial charge is 0.464 e. The normalized spacial score (nSPS) is 17.9. The Morgan fingerprint density at radius 1 is 1.10 bits per heavy atom. The maximum absolute atomic E-state index is 12.9. The number of esters is 2. The van der Waals surface area contributed by atoms with Gasteiger partial charge in [0.1, 0.15) is 23.6 Å². The van der Waals surface area contributed by atoms with Crippen molar-refractivity contribution in [2.75, 3.05) is 20.8 Å². The van der Waals surface area contributed by atoms with Gasteiger partial charge in [0.25, 0.3) is 0 Å². The van der Waals surface area contributed by atoms with Gasteiger partial charge >= 0.3 is 24.1 Å². The average Bonchev–Trinajstić information content (AvgIpc) is 3.67. The van der Waals surface area contributed by atoms with Gasteiger partial charge in [0, 0.05) is 13.5 Å². The van der Waals surface area contributed by atoms with Crippen LogP contribution in [0.2, 0.25) is 18.1 Å². The van der Waals surface area contributed by atoms with Crippen molar-refractivity contribution in [3.05, 3.63) is 35.9 Å². The third kappa shape index (κ3) is 8.87. The lowest BCUT2D eigenvalue weighted by molar-refractivity contribution is -0.151. The average molecular weight is 630 g/mol. The number of carbonyl (C=O) groups is 4. The molecular formula is C26H37BrN2O9Si. The van der Waals surface area contributed by atoms with Gasteiger partial charge in [0.05, 0.1) is 20.3 Å². The van der Waals surface area contributed by atoms with Crippen LogP contribution >= 0.6 is 15.9 Å². The zero-order valence-corrected chi connectivity index (χ0v) is 26.1. The number of halogens is 1. The zero-order chi connectivity index (χ0) is 29.5. The third-order valence-electron chi connectivity index (χ3n) is 6.66. The summed E-state index contributed by atoms with van der Waals surface area (Å²) >= 11 is 3.40. The smallest absolute Gasteiger partial charge is 0.433 e. The van der Waals surface area contributed by atoms with E-state index in [0.717, 1.165) is 19.8 Å². The Balaban J connectivity index is 2.44. The molecule has 1 aliphatic heterocycles. The fourth-order valence-electron chi connectivity index (χ4n) is 3.44. The van der Waals surface area contributed by atoms with E-state index in [1.807, 2.05) is 64.2 Å². The Kier molecular flexibility index (Phi) is 11.3. The van der Waals surface area contributed by atoms with Crippen molar-refractivity contribution in [3.63, 3.8) is 0 Å². The zero-order valence-electron chi connectivity index (χ0n) is 23.6. The number of methoxy groups -OCH3 is 2. The standard InChI is InChI=1S/C26H37BrN2O9Si/c1-16(30)37-22(19(27)20(23(31)34-5)28-24(32)35-6)21(38-39(7,8)26(2,3)4)18-14-29(18)25(33)36-15-17-12-10-9-11-13-17/h9-13,18-19,21-22H,14-15H2,1-8H3/b28-20-/t18-,19?,21+,22+,29?/m0/s1. The predicted octanol–water partition coefficient (Wildman–Crippen LogP) is 4.47. The van der Waals surface area contributed by atoms with Gasteiger partial charge in [-0.1, -0.05) is 67.0 Å². The number of alkyl halides is 1. The van der Waals surface area contributed by atoms with Crippen LogP contribution < -0.4 is 0 Å². The molecular weight excluding hydrogens is 592 g/mol. The van der Waals surface area contributed by atoms with Gasteiger partial charge in [0.15, 0.2) is 14.0 Å². The minimum atomic E-state index is -2.53. The first-order valence-corrected chi connectivity index (χ1v) is 16.2. The van der Waals surface area contributed by atoms with Crippen molar-refractivity contribution in [2.24, 2.45) is 4.99 Å². The molecule has 0 radical (unpaired) electrons. The van der Waals surface area contributed by atoms with E-state index in [4.69, 9.17) is 18.6 Å². The van der Waals surface area contributed by atoms with Crippen molar-refractivity contribution in [3.8, 4) is 0 Å². The molecule has 1 aromatic carbocycles. The molecule has 0 aromatic heterocycles. The second-order valence-corrected chi connectivity index (χ2v) is 16.3. The number of benzene rings is 1. The molecule has 11 nitrogen and oxygen atoms in total. The lowest BCUT2D eigenvalue weighted by atomic mass is 10.0. The lowest BCUT2D eigenvalue weighted by Gasteiger charge is -2.42. The Morgan fingerprint density at radius 3 is 2.23 bits per heavy atom. The van der Waals surface area contributed by atoms with Gasteiger partial charge in [-0.2, -0.15) is 4.99 Å². The van der Waals surface area contributed by atoms with E-state index < -0.39 is 55.5 Å². The second kappa shape index (κ2) is 13.5. The third-order valence-corrected chi connectivity index (χ3v) is 12.1. The van der Waals surface area contributed by atoms with Gasteiger partial charge in [-0.05, 0) is 23.7 Å². The highest BCUT2D eigenvalue weighted by molar-refractivity contribution is 9.10. The van der Waals surface area contributed by atoms with E-state index in [-0.39, 0.29) is 23.9 Å². The number of nitrogens with zero attached hydrogens (tertiary/aromatic N) is 2. The van der Waals surface area contributed by atoms with E-state index in [0.29, 0.717) is 0 Å². The summed E-state index contributed by atoms with van der Waals surface area (Å²) in [5, 5.41) is -0.243. The summed E-state index contributed by atoms with van der Waals surface area (Å²) < 4.78 is 27.3. The fraction of sp³-hybridized carbons (Fsp3) is 0.577. The molecule has 2 rings (SSSR count). The van der Waals surface area contributed by atoms with Crippen molar-refractivity contribution in [1.82, 2.24) is 4.90 Å². The van der Waals surface area contributed by atoms with Crippen LogP contribution in [0.4, 0.5) is 9.59 Å². The molecule has 4 atom stereocenters. The van der Waals surface area contributed by atoms with Crippen molar-refractivity contribution in [1.29, 1.82) is 0 Å². The molecule has 0 spiro atoms. The van der Waals surface area contributed by atoms with Crippen molar-refractivity contribution >= 4 is 54.1 Å². The molecule has 1 aromatic rings. The van der Waals surface area contributed by atoms with E-state index in [1.54, 1.807) is 0 Å². The van der Waals surface area contributed by atoms with Gasteiger partial charge in [-0.15, -0.1) is 0 Å². The summed E-state index contributed by atoms with van der Waals surface area (Å²) in [5.41, 5.74) is 0.455.